The Morgan fingerprint density at radius 3 is 2.36 bits per heavy atom. The van der Waals surface area contributed by atoms with Crippen LogP contribution >= 0.6 is 0 Å². The summed E-state index contributed by atoms with van der Waals surface area (Å²) in [6.07, 6.45) is -8.23. The summed E-state index contributed by atoms with van der Waals surface area (Å²) >= 11 is 0. The second-order valence-corrected chi connectivity index (χ2v) is 9.53. The zero-order valence-corrected chi connectivity index (χ0v) is 17.2. The van der Waals surface area contributed by atoms with Crippen molar-refractivity contribution in [3.05, 3.63) is 11.8 Å². The third-order valence-electron chi connectivity index (χ3n) is 6.83. The highest BCUT2D eigenvalue weighted by molar-refractivity contribution is 5.79. The predicted molar refractivity (Wildman–Crippen MR) is 93.5 cm³/mol. The first-order chi connectivity index (χ1) is 15.3. The SMILES string of the molecule is O=C(COC1CC(OC(F)(F)F)C1)NC12CC(c3nnc([C@H]4C[C@H]4COC(F)(F)F)o3)(C1)C2. The number of aromatic nitrogens is 2. The van der Waals surface area contributed by atoms with Gasteiger partial charge in [0.15, 0.2) is 0 Å². The van der Waals surface area contributed by atoms with Gasteiger partial charge in [0, 0.05) is 24.3 Å². The van der Waals surface area contributed by atoms with E-state index in [1.54, 1.807) is 0 Å². The van der Waals surface area contributed by atoms with E-state index in [2.05, 4.69) is 25.0 Å². The lowest BCUT2D eigenvalue weighted by Gasteiger charge is -2.68. The van der Waals surface area contributed by atoms with E-state index < -0.39 is 31.5 Å². The minimum Gasteiger partial charge on any atom is -0.424 e. The molecule has 6 rings (SSSR count). The van der Waals surface area contributed by atoms with Crippen LogP contribution in [0.2, 0.25) is 0 Å². The summed E-state index contributed by atoms with van der Waals surface area (Å²) in [5, 5.41) is 10.9. The van der Waals surface area contributed by atoms with Crippen molar-refractivity contribution in [1.82, 2.24) is 15.5 Å². The van der Waals surface area contributed by atoms with Gasteiger partial charge in [-0.15, -0.1) is 36.5 Å². The van der Waals surface area contributed by atoms with Crippen LogP contribution in [0.15, 0.2) is 4.42 Å². The van der Waals surface area contributed by atoms with Crippen LogP contribution in [-0.4, -0.2) is 59.8 Å². The summed E-state index contributed by atoms with van der Waals surface area (Å²) in [5.74, 6) is -0.146. The number of nitrogens with zero attached hydrogens (tertiary/aromatic N) is 2. The van der Waals surface area contributed by atoms with Crippen LogP contribution in [0, 0.1) is 5.92 Å². The number of carbonyl (C=O) groups is 1. The summed E-state index contributed by atoms with van der Waals surface area (Å²) in [4.78, 5) is 12.2. The smallest absolute Gasteiger partial charge is 0.424 e. The minimum absolute atomic E-state index is 0.0880. The van der Waals surface area contributed by atoms with Gasteiger partial charge in [0.2, 0.25) is 17.7 Å². The van der Waals surface area contributed by atoms with Crippen LogP contribution in [0.25, 0.3) is 0 Å². The largest absolute Gasteiger partial charge is 0.522 e. The van der Waals surface area contributed by atoms with Crippen molar-refractivity contribution in [2.24, 2.45) is 5.92 Å². The molecule has 14 heteroatoms. The number of hydrogen-bond acceptors (Lipinski definition) is 7. The molecule has 184 valence electrons. The van der Waals surface area contributed by atoms with Gasteiger partial charge in [0.25, 0.3) is 0 Å². The van der Waals surface area contributed by atoms with Gasteiger partial charge in [0.05, 0.1) is 24.2 Å². The molecule has 1 aromatic rings. The number of rotatable bonds is 9. The first kappa shape index (κ1) is 22.8. The van der Waals surface area contributed by atoms with E-state index in [1.807, 2.05) is 0 Å². The van der Waals surface area contributed by atoms with E-state index in [4.69, 9.17) is 9.15 Å². The van der Waals surface area contributed by atoms with Crippen LogP contribution in [0.1, 0.15) is 56.2 Å². The maximum Gasteiger partial charge on any atom is 0.522 e. The number of nitrogens with one attached hydrogen (secondary N) is 1. The molecule has 5 aliphatic carbocycles. The molecule has 5 saturated carbocycles. The Hall–Kier alpha value is -1.93. The number of halogens is 6. The van der Waals surface area contributed by atoms with Gasteiger partial charge in [-0.2, -0.15) is 0 Å². The lowest BCUT2D eigenvalue weighted by atomic mass is 9.39. The van der Waals surface area contributed by atoms with Gasteiger partial charge in [-0.25, -0.2) is 0 Å². The summed E-state index contributed by atoms with van der Waals surface area (Å²) in [5.41, 5.74) is -0.721. The maximum atomic E-state index is 12.2. The molecule has 5 aliphatic rings. The first-order valence-electron chi connectivity index (χ1n) is 10.6. The normalized spacial score (nSPS) is 37.0. The molecule has 0 radical (unpaired) electrons. The van der Waals surface area contributed by atoms with Crippen LogP contribution in [-0.2, 0) is 24.4 Å². The highest BCUT2D eigenvalue weighted by Gasteiger charge is 2.72. The average Bonchev–Trinajstić information content (AvgIpc) is 3.22. The Balaban J connectivity index is 1.01. The molecule has 1 amide bonds. The Bertz CT molecular complexity index is 893. The molecule has 0 saturated heterocycles. The van der Waals surface area contributed by atoms with Gasteiger partial charge in [-0.3, -0.25) is 14.3 Å². The van der Waals surface area contributed by atoms with Crippen LogP contribution in [0.3, 0.4) is 0 Å². The quantitative estimate of drug-likeness (QED) is 0.537. The molecule has 0 unspecified atom stereocenters. The predicted octanol–water partition coefficient (Wildman–Crippen LogP) is 3.08. The summed E-state index contributed by atoms with van der Waals surface area (Å²) in [7, 11) is 0. The van der Waals surface area contributed by atoms with Crippen molar-refractivity contribution in [3.8, 4) is 0 Å². The molecular weight excluding hydrogens is 464 g/mol. The Labute approximate surface area is 183 Å². The average molecular weight is 485 g/mol. The van der Waals surface area contributed by atoms with E-state index in [0.29, 0.717) is 37.5 Å². The second kappa shape index (κ2) is 7.54. The fourth-order valence-electron chi connectivity index (χ4n) is 5.15. The molecule has 5 fully saturated rings. The molecule has 1 aromatic heterocycles. The highest BCUT2D eigenvalue weighted by atomic mass is 19.4. The molecule has 2 atom stereocenters. The fourth-order valence-corrected chi connectivity index (χ4v) is 5.15. The standard InChI is InChI=1S/C19H21F6N3O5/c20-18(21,22)31-4-9-1-12(9)14-27-28-15(32-14)16-6-17(7-16,8-16)26-13(29)5-30-10-2-11(3-10)33-19(23,24)25/h9-12H,1-8H2,(H,26,29)/t9-,10?,11?,12-,16?,17?/m0/s1. The number of alkyl halides is 6. The van der Waals surface area contributed by atoms with Gasteiger partial charge < -0.3 is 14.5 Å². The lowest BCUT2D eigenvalue weighted by Crippen LogP contribution is -2.77. The molecule has 0 aromatic carbocycles. The second-order valence-electron chi connectivity index (χ2n) is 9.53. The van der Waals surface area contributed by atoms with E-state index in [1.165, 1.54) is 0 Å². The number of hydrogen-bond donors (Lipinski definition) is 1. The van der Waals surface area contributed by atoms with Crippen LogP contribution in [0.5, 0.6) is 0 Å². The maximum absolute atomic E-state index is 12.2. The van der Waals surface area contributed by atoms with E-state index in [0.717, 1.165) is 0 Å². The van der Waals surface area contributed by atoms with Crippen molar-refractivity contribution in [2.75, 3.05) is 13.2 Å². The summed E-state index contributed by atoms with van der Waals surface area (Å²) in [6, 6.07) is 0. The monoisotopic (exact) mass is 485 g/mol. The van der Waals surface area contributed by atoms with Crippen molar-refractivity contribution in [2.45, 2.75) is 80.3 Å². The molecule has 8 nitrogen and oxygen atoms in total. The van der Waals surface area contributed by atoms with Gasteiger partial charge in [-0.05, 0) is 31.6 Å². The molecular formula is C19H21F6N3O5. The molecule has 1 heterocycles. The molecule has 1 N–H and O–H groups in total. The minimum atomic E-state index is -4.67. The van der Waals surface area contributed by atoms with Crippen LogP contribution < -0.4 is 5.32 Å². The van der Waals surface area contributed by atoms with Crippen LogP contribution in [0.4, 0.5) is 26.3 Å². The summed E-state index contributed by atoms with van der Waals surface area (Å²) < 4.78 is 91.5. The molecule has 0 spiro atoms. The van der Waals surface area contributed by atoms with E-state index in [-0.39, 0.29) is 48.1 Å². The third-order valence-corrected chi connectivity index (χ3v) is 6.83. The molecule has 0 aliphatic heterocycles. The van der Waals surface area contributed by atoms with Gasteiger partial charge >= 0.3 is 12.7 Å². The zero-order chi connectivity index (χ0) is 23.6. The van der Waals surface area contributed by atoms with Crippen molar-refractivity contribution in [3.63, 3.8) is 0 Å². The topological polar surface area (TPSA) is 95.7 Å². The van der Waals surface area contributed by atoms with Gasteiger partial charge in [-0.1, -0.05) is 0 Å². The molecule has 33 heavy (non-hydrogen) atoms. The lowest BCUT2D eigenvalue weighted by molar-refractivity contribution is -0.357. The zero-order valence-electron chi connectivity index (χ0n) is 17.2. The van der Waals surface area contributed by atoms with Gasteiger partial charge in [0.1, 0.15) is 6.61 Å². The summed E-state index contributed by atoms with van der Waals surface area (Å²) in [6.45, 7) is -0.684. The van der Waals surface area contributed by atoms with Crippen molar-refractivity contribution in [1.29, 1.82) is 0 Å². The third kappa shape index (κ3) is 4.83. The fraction of sp³-hybridized carbons (Fsp3) is 0.842. The number of amides is 1. The Kier molecular flexibility index (Phi) is 5.22. The first-order valence-corrected chi connectivity index (χ1v) is 10.6. The highest BCUT2D eigenvalue weighted by Crippen LogP contribution is 2.67. The van der Waals surface area contributed by atoms with E-state index >= 15 is 0 Å². The van der Waals surface area contributed by atoms with Crippen molar-refractivity contribution < 1.29 is 49.8 Å². The van der Waals surface area contributed by atoms with Crippen molar-refractivity contribution >= 4 is 5.91 Å². The Morgan fingerprint density at radius 2 is 1.73 bits per heavy atom. The Morgan fingerprint density at radius 1 is 1.03 bits per heavy atom. The number of ether oxygens (including phenoxy) is 3. The number of carbonyl (C=O) groups excluding carboxylic acids is 1. The van der Waals surface area contributed by atoms with E-state index in [9.17, 15) is 31.1 Å². The molecule has 2 bridgehead atoms.